The van der Waals surface area contributed by atoms with Gasteiger partial charge in [-0.15, -0.1) is 0 Å². The molecule has 2 aliphatic heterocycles. The molecule has 0 unspecified atom stereocenters. The summed E-state index contributed by atoms with van der Waals surface area (Å²) in [5.74, 6) is 0.862. The summed E-state index contributed by atoms with van der Waals surface area (Å²) in [6.07, 6.45) is 5.58. The lowest BCUT2D eigenvalue weighted by atomic mass is 9.86. The summed E-state index contributed by atoms with van der Waals surface area (Å²) in [5.41, 5.74) is 6.54. The molecule has 0 aromatic rings. The average molecular weight is 209 g/mol. The second-order valence-corrected chi connectivity index (χ2v) is 5.77. The Morgan fingerprint density at radius 2 is 1.60 bits per heavy atom. The highest BCUT2D eigenvalue weighted by molar-refractivity contribution is 5.08. The van der Waals surface area contributed by atoms with Gasteiger partial charge < -0.3 is 10.6 Å². The third kappa shape index (κ3) is 2.05. The van der Waals surface area contributed by atoms with Crippen molar-refractivity contribution in [3.63, 3.8) is 0 Å². The number of nitrogens with two attached hydrogens (primary N) is 1. The van der Waals surface area contributed by atoms with Gasteiger partial charge in [-0.1, -0.05) is 0 Å². The van der Waals surface area contributed by atoms with Crippen LogP contribution < -0.4 is 5.73 Å². The van der Waals surface area contributed by atoms with Gasteiger partial charge in [0.05, 0.1) is 0 Å². The molecule has 2 N–H and O–H groups in total. The van der Waals surface area contributed by atoms with Gasteiger partial charge in [0.1, 0.15) is 0 Å². The van der Waals surface area contributed by atoms with Crippen LogP contribution in [0.25, 0.3) is 0 Å². The molecule has 3 heteroatoms. The molecular weight excluding hydrogens is 186 g/mol. The van der Waals surface area contributed by atoms with Crippen LogP contribution in [0.4, 0.5) is 0 Å². The van der Waals surface area contributed by atoms with Gasteiger partial charge in [0.15, 0.2) is 0 Å². The number of rotatable bonds is 4. The van der Waals surface area contributed by atoms with E-state index in [1.54, 1.807) is 0 Å². The first kappa shape index (κ1) is 10.1. The Morgan fingerprint density at radius 3 is 2.20 bits per heavy atom. The lowest BCUT2D eigenvalue weighted by Crippen LogP contribution is -2.69. The minimum Gasteiger partial charge on any atom is -0.323 e. The fourth-order valence-electron chi connectivity index (χ4n) is 3.15. The highest BCUT2D eigenvalue weighted by Crippen LogP contribution is 2.42. The maximum absolute atomic E-state index is 6.33. The van der Waals surface area contributed by atoms with Gasteiger partial charge in [0.2, 0.25) is 0 Å². The molecule has 0 aromatic carbocycles. The highest BCUT2D eigenvalue weighted by atomic mass is 15.3. The predicted molar refractivity (Wildman–Crippen MR) is 61.8 cm³/mol. The fraction of sp³-hybridized carbons (Fsp3) is 1.00. The molecule has 3 rings (SSSR count). The van der Waals surface area contributed by atoms with Gasteiger partial charge in [0.25, 0.3) is 0 Å². The van der Waals surface area contributed by atoms with Crippen molar-refractivity contribution in [2.75, 3.05) is 39.3 Å². The summed E-state index contributed by atoms with van der Waals surface area (Å²) >= 11 is 0. The van der Waals surface area contributed by atoms with Crippen LogP contribution in [0.2, 0.25) is 0 Å². The first-order valence-electron chi connectivity index (χ1n) is 6.50. The quantitative estimate of drug-likeness (QED) is 0.732. The maximum Gasteiger partial charge on any atom is 0.0440 e. The third-order valence-corrected chi connectivity index (χ3v) is 4.36. The van der Waals surface area contributed by atoms with E-state index in [1.807, 2.05) is 0 Å². The third-order valence-electron chi connectivity index (χ3n) is 4.36. The largest absolute Gasteiger partial charge is 0.323 e. The van der Waals surface area contributed by atoms with Gasteiger partial charge in [-0.3, -0.25) is 4.90 Å². The summed E-state index contributed by atoms with van der Waals surface area (Å²) < 4.78 is 0. The van der Waals surface area contributed by atoms with Crippen molar-refractivity contribution in [1.82, 2.24) is 9.80 Å². The fourth-order valence-corrected chi connectivity index (χ4v) is 3.15. The lowest BCUT2D eigenvalue weighted by Gasteiger charge is -2.48. The number of nitrogens with zero attached hydrogens (tertiary/aromatic N) is 2. The Hall–Kier alpha value is -0.120. The molecule has 1 saturated carbocycles. The molecular formula is C12H23N3. The van der Waals surface area contributed by atoms with Crippen LogP contribution in [0.1, 0.15) is 25.7 Å². The van der Waals surface area contributed by atoms with Gasteiger partial charge in [-0.2, -0.15) is 0 Å². The van der Waals surface area contributed by atoms with Crippen LogP contribution in [0.3, 0.4) is 0 Å². The molecule has 3 nitrogen and oxygen atoms in total. The second-order valence-electron chi connectivity index (χ2n) is 5.77. The molecule has 15 heavy (non-hydrogen) atoms. The number of likely N-dealkylation sites (tertiary alicyclic amines) is 2. The number of hydrogen-bond donors (Lipinski definition) is 1. The van der Waals surface area contributed by atoms with Gasteiger partial charge in [0, 0.05) is 31.7 Å². The minimum absolute atomic E-state index is 0.213. The molecule has 0 amide bonds. The van der Waals surface area contributed by atoms with Crippen molar-refractivity contribution in [3.8, 4) is 0 Å². The highest BCUT2D eigenvalue weighted by Gasteiger charge is 2.49. The zero-order valence-electron chi connectivity index (χ0n) is 9.62. The Morgan fingerprint density at radius 1 is 1.00 bits per heavy atom. The van der Waals surface area contributed by atoms with Gasteiger partial charge in [-0.25, -0.2) is 0 Å². The Bertz CT molecular complexity index is 225. The monoisotopic (exact) mass is 209 g/mol. The van der Waals surface area contributed by atoms with E-state index < -0.39 is 0 Å². The van der Waals surface area contributed by atoms with E-state index in [4.69, 9.17) is 5.73 Å². The molecule has 0 radical (unpaired) electrons. The van der Waals surface area contributed by atoms with E-state index >= 15 is 0 Å². The summed E-state index contributed by atoms with van der Waals surface area (Å²) in [4.78, 5) is 5.13. The van der Waals surface area contributed by atoms with Gasteiger partial charge >= 0.3 is 0 Å². The van der Waals surface area contributed by atoms with Crippen LogP contribution in [0.15, 0.2) is 0 Å². The molecule has 0 spiro atoms. The smallest absolute Gasteiger partial charge is 0.0440 e. The first-order chi connectivity index (χ1) is 7.26. The van der Waals surface area contributed by atoms with E-state index in [9.17, 15) is 0 Å². The predicted octanol–water partition coefficient (Wildman–Crippen LogP) is 0.505. The molecule has 2 heterocycles. The van der Waals surface area contributed by atoms with Crippen LogP contribution in [-0.2, 0) is 0 Å². The molecule has 3 fully saturated rings. The van der Waals surface area contributed by atoms with Crippen molar-refractivity contribution in [1.29, 1.82) is 0 Å². The molecule has 2 saturated heterocycles. The van der Waals surface area contributed by atoms with Crippen LogP contribution >= 0.6 is 0 Å². The number of hydrogen-bond acceptors (Lipinski definition) is 3. The first-order valence-corrected chi connectivity index (χ1v) is 6.50. The standard InChI is InChI=1S/C12H23N3/c13-12(11-3-4-11)9-15(10-12)8-7-14-5-1-2-6-14/h11H,1-10,13H2. The van der Waals surface area contributed by atoms with Crippen LogP contribution in [0.5, 0.6) is 0 Å². The summed E-state index contributed by atoms with van der Waals surface area (Å²) in [7, 11) is 0. The van der Waals surface area contributed by atoms with E-state index in [0.29, 0.717) is 0 Å². The van der Waals surface area contributed by atoms with E-state index in [1.165, 1.54) is 51.9 Å². The van der Waals surface area contributed by atoms with Crippen molar-refractivity contribution in [3.05, 3.63) is 0 Å². The summed E-state index contributed by atoms with van der Waals surface area (Å²) in [6, 6.07) is 0. The topological polar surface area (TPSA) is 32.5 Å². The zero-order valence-corrected chi connectivity index (χ0v) is 9.62. The van der Waals surface area contributed by atoms with E-state index in [-0.39, 0.29) is 5.54 Å². The normalized spacial score (nSPS) is 31.8. The molecule has 86 valence electrons. The summed E-state index contributed by atoms with van der Waals surface area (Å²) in [6.45, 7) is 7.47. The molecule has 1 aliphatic carbocycles. The van der Waals surface area contributed by atoms with Crippen molar-refractivity contribution in [2.24, 2.45) is 11.7 Å². The van der Waals surface area contributed by atoms with Crippen LogP contribution in [0, 0.1) is 5.92 Å². The molecule has 0 aromatic heterocycles. The van der Waals surface area contributed by atoms with Crippen molar-refractivity contribution in [2.45, 2.75) is 31.2 Å². The lowest BCUT2D eigenvalue weighted by molar-refractivity contribution is 0.0475. The minimum atomic E-state index is 0.213. The van der Waals surface area contributed by atoms with Gasteiger partial charge in [-0.05, 0) is 44.7 Å². The molecule has 0 bridgehead atoms. The maximum atomic E-state index is 6.33. The molecule has 0 atom stereocenters. The Kier molecular flexibility index (Phi) is 2.49. The zero-order chi connectivity index (χ0) is 10.3. The Labute approximate surface area is 92.6 Å². The summed E-state index contributed by atoms with van der Waals surface area (Å²) in [5, 5.41) is 0. The van der Waals surface area contributed by atoms with Crippen LogP contribution in [-0.4, -0.2) is 54.6 Å². The van der Waals surface area contributed by atoms with Crippen molar-refractivity contribution >= 4 is 0 Å². The van der Waals surface area contributed by atoms with E-state index in [0.717, 1.165) is 19.0 Å². The van der Waals surface area contributed by atoms with Crippen molar-refractivity contribution < 1.29 is 0 Å². The second kappa shape index (κ2) is 3.72. The Balaban J connectivity index is 1.36. The molecule has 3 aliphatic rings. The SMILES string of the molecule is NC1(C2CC2)CN(CCN2CCCC2)C1. The average Bonchev–Trinajstić information content (AvgIpc) is 2.90. The van der Waals surface area contributed by atoms with E-state index in [2.05, 4.69) is 9.80 Å².